The maximum atomic E-state index is 13.6. The highest BCUT2D eigenvalue weighted by atomic mass is 79.9. The summed E-state index contributed by atoms with van der Waals surface area (Å²) >= 11 is 7.15. The fourth-order valence-electron chi connectivity index (χ4n) is 4.56. The first-order valence-corrected chi connectivity index (χ1v) is 13.2. The number of rotatable bonds is 4. The summed E-state index contributed by atoms with van der Waals surface area (Å²) in [5.41, 5.74) is 5.01. The summed E-state index contributed by atoms with van der Waals surface area (Å²) in [6.07, 6.45) is 1.70. The van der Waals surface area contributed by atoms with Gasteiger partial charge in [0.2, 0.25) is 5.82 Å². The quantitative estimate of drug-likeness (QED) is 0.192. The van der Waals surface area contributed by atoms with Crippen molar-refractivity contribution in [2.24, 2.45) is 5.10 Å². The Morgan fingerprint density at radius 1 is 0.946 bits per heavy atom. The van der Waals surface area contributed by atoms with Crippen LogP contribution in [0.5, 0.6) is 0 Å². The number of furan rings is 1. The summed E-state index contributed by atoms with van der Waals surface area (Å²) in [6.45, 7) is 4.08. The molecule has 0 radical (unpaired) electrons. The molecule has 37 heavy (non-hydrogen) atoms. The highest BCUT2D eigenvalue weighted by Crippen LogP contribution is 2.30. The second-order valence-corrected chi connectivity index (χ2v) is 10.5. The molecule has 6 aromatic rings. The SMILES string of the molecule is Cc1cc(C=Nn2c(-c3cc4cc(Br)ccc4o3)nc3ccccc3c2=O)c(C)n1-c1ccccc1Br. The first kappa shape index (κ1) is 23.6. The van der Waals surface area contributed by atoms with E-state index in [0.717, 1.165) is 37.0 Å². The first-order valence-electron chi connectivity index (χ1n) is 11.6. The number of halogens is 2. The summed E-state index contributed by atoms with van der Waals surface area (Å²) in [6, 6.07) is 25.0. The van der Waals surface area contributed by atoms with Crippen molar-refractivity contribution in [1.82, 2.24) is 14.2 Å². The average molecular weight is 616 g/mol. The lowest BCUT2D eigenvalue weighted by molar-refractivity contribution is 0.616. The zero-order chi connectivity index (χ0) is 25.7. The van der Waals surface area contributed by atoms with E-state index < -0.39 is 0 Å². The monoisotopic (exact) mass is 614 g/mol. The lowest BCUT2D eigenvalue weighted by atomic mass is 10.2. The summed E-state index contributed by atoms with van der Waals surface area (Å²) in [5, 5.41) is 6.03. The Morgan fingerprint density at radius 3 is 2.57 bits per heavy atom. The topological polar surface area (TPSA) is 65.3 Å². The second kappa shape index (κ2) is 9.28. The zero-order valence-electron chi connectivity index (χ0n) is 19.9. The van der Waals surface area contributed by atoms with Crippen LogP contribution >= 0.6 is 31.9 Å². The zero-order valence-corrected chi connectivity index (χ0v) is 23.1. The predicted octanol–water partition coefficient (Wildman–Crippen LogP) is 7.62. The molecule has 0 aliphatic carbocycles. The Kier molecular flexibility index (Phi) is 5.93. The number of hydrogen-bond donors (Lipinski definition) is 0. The number of benzene rings is 3. The van der Waals surface area contributed by atoms with Gasteiger partial charge in [0.05, 0.1) is 22.8 Å². The minimum absolute atomic E-state index is 0.266. The third-order valence-electron chi connectivity index (χ3n) is 6.33. The number of para-hydroxylation sites is 2. The van der Waals surface area contributed by atoms with Crippen molar-refractivity contribution in [3.8, 4) is 17.3 Å². The van der Waals surface area contributed by atoms with Crippen molar-refractivity contribution in [1.29, 1.82) is 0 Å². The summed E-state index contributed by atoms with van der Waals surface area (Å²) in [7, 11) is 0. The van der Waals surface area contributed by atoms with Crippen molar-refractivity contribution < 1.29 is 4.42 Å². The molecule has 0 aliphatic heterocycles. The molecule has 0 aliphatic rings. The molecular weight excluding hydrogens is 596 g/mol. The van der Waals surface area contributed by atoms with Crippen LogP contribution in [0.15, 0.2) is 102 Å². The smallest absolute Gasteiger partial charge is 0.282 e. The fourth-order valence-corrected chi connectivity index (χ4v) is 5.40. The van der Waals surface area contributed by atoms with Crippen LogP contribution in [0.2, 0.25) is 0 Å². The molecule has 3 aromatic carbocycles. The van der Waals surface area contributed by atoms with E-state index in [9.17, 15) is 4.79 Å². The average Bonchev–Trinajstić information content (AvgIpc) is 3.43. The highest BCUT2D eigenvalue weighted by Gasteiger charge is 2.17. The lowest BCUT2D eigenvalue weighted by Gasteiger charge is -2.11. The molecule has 6 nitrogen and oxygen atoms in total. The Morgan fingerprint density at radius 2 is 1.73 bits per heavy atom. The van der Waals surface area contributed by atoms with Gasteiger partial charge < -0.3 is 8.98 Å². The number of hydrogen-bond acceptors (Lipinski definition) is 4. The van der Waals surface area contributed by atoms with Crippen molar-refractivity contribution in [2.45, 2.75) is 13.8 Å². The van der Waals surface area contributed by atoms with Gasteiger partial charge in [-0.1, -0.05) is 40.2 Å². The van der Waals surface area contributed by atoms with Crippen LogP contribution in [0, 0.1) is 13.8 Å². The molecule has 0 saturated carbocycles. The van der Waals surface area contributed by atoms with Crippen molar-refractivity contribution in [3.05, 3.63) is 115 Å². The van der Waals surface area contributed by atoms with E-state index in [-0.39, 0.29) is 5.56 Å². The Bertz CT molecular complexity index is 1910. The minimum atomic E-state index is -0.266. The van der Waals surface area contributed by atoms with Crippen molar-refractivity contribution in [3.63, 3.8) is 0 Å². The second-order valence-electron chi connectivity index (χ2n) is 8.72. The highest BCUT2D eigenvalue weighted by molar-refractivity contribution is 9.10. The number of nitrogens with zero attached hydrogens (tertiary/aromatic N) is 4. The van der Waals surface area contributed by atoms with Crippen LogP contribution in [0.3, 0.4) is 0 Å². The molecule has 0 amide bonds. The van der Waals surface area contributed by atoms with E-state index in [1.807, 2.05) is 74.5 Å². The fraction of sp³-hybridized carbons (Fsp3) is 0.0690. The molecule has 0 bridgehead atoms. The summed E-state index contributed by atoms with van der Waals surface area (Å²) in [5.74, 6) is 0.804. The van der Waals surface area contributed by atoms with Gasteiger partial charge in [0, 0.05) is 31.3 Å². The normalized spacial score (nSPS) is 11.8. The Balaban J connectivity index is 1.53. The molecule has 0 spiro atoms. The standard InChI is InChI=1S/C29H20Br2N4O2/c1-17-13-20(18(2)34(17)25-10-6-4-8-23(25)31)16-32-35-28(33-24-9-5-3-7-22(24)29(35)36)27-15-19-14-21(30)11-12-26(19)37-27/h3-16H,1-2H3. The molecular formula is C29H20Br2N4O2. The first-order chi connectivity index (χ1) is 17.9. The Hall–Kier alpha value is -3.75. The van der Waals surface area contributed by atoms with Gasteiger partial charge in [-0.2, -0.15) is 9.78 Å². The van der Waals surface area contributed by atoms with E-state index >= 15 is 0 Å². The van der Waals surface area contributed by atoms with E-state index in [2.05, 4.69) is 53.7 Å². The minimum Gasteiger partial charge on any atom is -0.453 e. The summed E-state index contributed by atoms with van der Waals surface area (Å²) in [4.78, 5) is 18.4. The molecule has 0 unspecified atom stereocenters. The van der Waals surface area contributed by atoms with Crippen LogP contribution in [-0.2, 0) is 0 Å². The molecule has 3 aromatic heterocycles. The molecule has 6 rings (SSSR count). The van der Waals surface area contributed by atoms with Gasteiger partial charge in [-0.05, 0) is 84.4 Å². The molecule has 0 fully saturated rings. The van der Waals surface area contributed by atoms with E-state index in [4.69, 9.17) is 9.40 Å². The number of aromatic nitrogens is 3. The van der Waals surface area contributed by atoms with Gasteiger partial charge in [0.25, 0.3) is 5.56 Å². The maximum absolute atomic E-state index is 13.6. The maximum Gasteiger partial charge on any atom is 0.282 e. The summed E-state index contributed by atoms with van der Waals surface area (Å²) < 4.78 is 11.5. The largest absolute Gasteiger partial charge is 0.453 e. The van der Waals surface area contributed by atoms with E-state index in [0.29, 0.717) is 28.1 Å². The Labute approximate surface area is 229 Å². The van der Waals surface area contributed by atoms with Gasteiger partial charge >= 0.3 is 0 Å². The molecule has 0 saturated heterocycles. The van der Waals surface area contributed by atoms with Crippen molar-refractivity contribution >= 4 is 59.9 Å². The van der Waals surface area contributed by atoms with Gasteiger partial charge in [0.15, 0.2) is 5.76 Å². The van der Waals surface area contributed by atoms with Gasteiger partial charge in [0.1, 0.15) is 5.58 Å². The third kappa shape index (κ3) is 4.16. The van der Waals surface area contributed by atoms with E-state index in [1.165, 1.54) is 4.68 Å². The van der Waals surface area contributed by atoms with Gasteiger partial charge in [-0.15, -0.1) is 0 Å². The van der Waals surface area contributed by atoms with Crippen LogP contribution in [-0.4, -0.2) is 20.4 Å². The molecule has 0 N–H and O–H groups in total. The number of fused-ring (bicyclic) bond motifs is 2. The van der Waals surface area contributed by atoms with Crippen LogP contribution in [0.1, 0.15) is 17.0 Å². The number of aryl methyl sites for hydroxylation is 1. The lowest BCUT2D eigenvalue weighted by Crippen LogP contribution is -2.20. The van der Waals surface area contributed by atoms with Gasteiger partial charge in [-0.25, -0.2) is 4.98 Å². The van der Waals surface area contributed by atoms with E-state index in [1.54, 1.807) is 12.3 Å². The van der Waals surface area contributed by atoms with Gasteiger partial charge in [-0.3, -0.25) is 4.79 Å². The molecule has 3 heterocycles. The molecule has 8 heteroatoms. The van der Waals surface area contributed by atoms with Crippen LogP contribution < -0.4 is 5.56 Å². The molecule has 0 atom stereocenters. The van der Waals surface area contributed by atoms with Crippen molar-refractivity contribution in [2.75, 3.05) is 0 Å². The third-order valence-corrected chi connectivity index (χ3v) is 7.49. The van der Waals surface area contributed by atoms with Crippen LogP contribution in [0.4, 0.5) is 0 Å². The predicted molar refractivity (Wildman–Crippen MR) is 155 cm³/mol. The molecule has 182 valence electrons. The van der Waals surface area contributed by atoms with Crippen LogP contribution in [0.25, 0.3) is 39.1 Å².